The van der Waals surface area contributed by atoms with Crippen molar-refractivity contribution in [1.82, 2.24) is 10.2 Å². The van der Waals surface area contributed by atoms with Crippen molar-refractivity contribution in [2.75, 3.05) is 20.1 Å². The van der Waals surface area contributed by atoms with Gasteiger partial charge in [0.15, 0.2) is 0 Å². The molecule has 0 spiro atoms. The van der Waals surface area contributed by atoms with Crippen LogP contribution in [-0.2, 0) is 4.79 Å². The molecule has 4 nitrogen and oxygen atoms in total. The number of hydrogen-bond donors (Lipinski definition) is 2. The monoisotopic (exact) mass is 285 g/mol. The second-order valence-corrected chi connectivity index (χ2v) is 6.46. The highest BCUT2D eigenvalue weighted by Crippen LogP contribution is 2.15. The number of carbonyl (C=O) groups excluding carboxylic acids is 1. The summed E-state index contributed by atoms with van der Waals surface area (Å²) in [5.74, 6) is -0.248. The van der Waals surface area contributed by atoms with E-state index in [0.717, 1.165) is 25.8 Å². The van der Waals surface area contributed by atoms with Crippen LogP contribution in [0.2, 0.25) is 0 Å². The molecule has 0 radical (unpaired) electrons. The average Bonchev–Trinajstić information content (AvgIpc) is 2.34. The van der Waals surface area contributed by atoms with Crippen LogP contribution in [0.1, 0.15) is 66.2 Å². The van der Waals surface area contributed by atoms with Crippen molar-refractivity contribution in [3.8, 4) is 0 Å². The van der Waals surface area contributed by atoms with Gasteiger partial charge in [0.1, 0.15) is 0 Å². The molecule has 4 heteroatoms. The third kappa shape index (κ3) is 8.54. The first-order valence-corrected chi connectivity index (χ1v) is 8.08. The summed E-state index contributed by atoms with van der Waals surface area (Å²) in [6.45, 7) is 10.5. The molecule has 3 N–H and O–H groups in total. The normalized spacial score (nSPS) is 14.8. The predicted octanol–water partition coefficient (Wildman–Crippen LogP) is 2.52. The Morgan fingerprint density at radius 2 is 1.75 bits per heavy atom. The molecule has 1 atom stereocenters. The standard InChI is InChI=1S/C16H35N3O/c1-6-7-9-12-19(5)13-10-8-11-16(4,15(17)20)18-14(2)3/h14,18H,6-13H2,1-5H3,(H2,17,20). The first kappa shape index (κ1) is 19.4. The van der Waals surface area contributed by atoms with Crippen molar-refractivity contribution >= 4 is 5.91 Å². The molecule has 0 bridgehead atoms. The molecule has 0 aliphatic carbocycles. The van der Waals surface area contributed by atoms with Crippen LogP contribution in [0.15, 0.2) is 0 Å². The second kappa shape index (κ2) is 10.2. The fourth-order valence-electron chi connectivity index (χ4n) is 2.51. The van der Waals surface area contributed by atoms with Gasteiger partial charge in [0.25, 0.3) is 0 Å². The number of carbonyl (C=O) groups is 1. The molecule has 0 aromatic rings. The molecule has 0 aliphatic heterocycles. The zero-order valence-corrected chi connectivity index (χ0v) is 14.2. The van der Waals surface area contributed by atoms with Crippen molar-refractivity contribution < 1.29 is 4.79 Å². The molecule has 0 saturated carbocycles. The molecule has 0 fully saturated rings. The van der Waals surface area contributed by atoms with E-state index in [0.29, 0.717) is 0 Å². The van der Waals surface area contributed by atoms with E-state index in [-0.39, 0.29) is 11.9 Å². The number of hydrogen-bond acceptors (Lipinski definition) is 3. The summed E-state index contributed by atoms with van der Waals surface area (Å²) >= 11 is 0. The third-order valence-electron chi connectivity index (χ3n) is 3.76. The molecule has 0 rings (SSSR count). The SMILES string of the molecule is CCCCCN(C)CCCCC(C)(NC(C)C)C(N)=O. The van der Waals surface area contributed by atoms with E-state index in [1.807, 2.05) is 20.8 Å². The summed E-state index contributed by atoms with van der Waals surface area (Å²) < 4.78 is 0. The largest absolute Gasteiger partial charge is 0.368 e. The van der Waals surface area contributed by atoms with E-state index < -0.39 is 5.54 Å². The molecule has 0 aliphatic rings. The van der Waals surface area contributed by atoms with Crippen LogP contribution in [0, 0.1) is 0 Å². The van der Waals surface area contributed by atoms with Gasteiger partial charge in [-0.1, -0.05) is 19.8 Å². The van der Waals surface area contributed by atoms with Crippen LogP contribution in [0.25, 0.3) is 0 Å². The number of unbranched alkanes of at least 4 members (excludes halogenated alkanes) is 3. The number of rotatable bonds is 12. The third-order valence-corrected chi connectivity index (χ3v) is 3.76. The van der Waals surface area contributed by atoms with Crippen molar-refractivity contribution in [3.05, 3.63) is 0 Å². The smallest absolute Gasteiger partial charge is 0.237 e. The van der Waals surface area contributed by atoms with Crippen molar-refractivity contribution in [3.63, 3.8) is 0 Å². The summed E-state index contributed by atoms with van der Waals surface area (Å²) in [6, 6.07) is 0.268. The Balaban J connectivity index is 3.92. The van der Waals surface area contributed by atoms with Gasteiger partial charge in [-0.05, 0) is 66.6 Å². The molecular formula is C16H35N3O. The molecule has 1 unspecified atom stereocenters. The van der Waals surface area contributed by atoms with E-state index in [9.17, 15) is 4.79 Å². The maximum atomic E-state index is 11.6. The van der Waals surface area contributed by atoms with E-state index in [1.165, 1.54) is 25.8 Å². The van der Waals surface area contributed by atoms with Crippen molar-refractivity contribution in [1.29, 1.82) is 0 Å². The van der Waals surface area contributed by atoms with Crippen LogP contribution in [0.5, 0.6) is 0 Å². The van der Waals surface area contributed by atoms with Gasteiger partial charge in [0, 0.05) is 6.04 Å². The highest BCUT2D eigenvalue weighted by atomic mass is 16.1. The summed E-state index contributed by atoms with van der Waals surface area (Å²) in [5, 5.41) is 3.30. The Hall–Kier alpha value is -0.610. The number of nitrogens with zero attached hydrogens (tertiary/aromatic N) is 1. The summed E-state index contributed by atoms with van der Waals surface area (Å²) in [5.41, 5.74) is 4.96. The van der Waals surface area contributed by atoms with Gasteiger partial charge in [0.05, 0.1) is 5.54 Å². The highest BCUT2D eigenvalue weighted by molar-refractivity contribution is 5.84. The fraction of sp³-hybridized carbons (Fsp3) is 0.938. The van der Waals surface area contributed by atoms with Crippen LogP contribution in [-0.4, -0.2) is 42.5 Å². The lowest BCUT2D eigenvalue weighted by Gasteiger charge is -2.30. The molecule has 120 valence electrons. The van der Waals surface area contributed by atoms with Gasteiger partial charge in [-0.15, -0.1) is 0 Å². The second-order valence-electron chi connectivity index (χ2n) is 6.46. The fourth-order valence-corrected chi connectivity index (χ4v) is 2.51. The first-order chi connectivity index (χ1) is 9.31. The number of nitrogens with two attached hydrogens (primary N) is 1. The van der Waals surface area contributed by atoms with Gasteiger partial charge in [-0.25, -0.2) is 0 Å². The van der Waals surface area contributed by atoms with Gasteiger partial charge < -0.3 is 16.0 Å². The molecule has 0 saturated heterocycles. The topological polar surface area (TPSA) is 58.4 Å². The quantitative estimate of drug-likeness (QED) is 0.542. The van der Waals surface area contributed by atoms with Crippen LogP contribution in [0.4, 0.5) is 0 Å². The minimum Gasteiger partial charge on any atom is -0.368 e. The Morgan fingerprint density at radius 3 is 2.20 bits per heavy atom. The molecule has 20 heavy (non-hydrogen) atoms. The van der Waals surface area contributed by atoms with Crippen molar-refractivity contribution in [2.45, 2.75) is 77.8 Å². The van der Waals surface area contributed by atoms with Crippen LogP contribution >= 0.6 is 0 Å². The van der Waals surface area contributed by atoms with Crippen LogP contribution < -0.4 is 11.1 Å². The Labute approximate surface area is 125 Å². The van der Waals surface area contributed by atoms with E-state index in [1.54, 1.807) is 0 Å². The first-order valence-electron chi connectivity index (χ1n) is 8.08. The molecule has 0 aromatic heterocycles. The molecule has 0 aromatic carbocycles. The lowest BCUT2D eigenvalue weighted by Crippen LogP contribution is -2.55. The average molecular weight is 285 g/mol. The van der Waals surface area contributed by atoms with Crippen LogP contribution in [0.3, 0.4) is 0 Å². The van der Waals surface area contributed by atoms with E-state index in [4.69, 9.17) is 5.73 Å². The lowest BCUT2D eigenvalue weighted by atomic mass is 9.93. The number of amides is 1. The molecular weight excluding hydrogens is 250 g/mol. The van der Waals surface area contributed by atoms with E-state index >= 15 is 0 Å². The Kier molecular flexibility index (Phi) is 9.86. The summed E-state index contributed by atoms with van der Waals surface area (Å²) in [4.78, 5) is 14.0. The summed E-state index contributed by atoms with van der Waals surface area (Å²) in [6.07, 6.45) is 6.81. The maximum Gasteiger partial charge on any atom is 0.237 e. The maximum absolute atomic E-state index is 11.6. The van der Waals surface area contributed by atoms with Gasteiger partial charge in [-0.2, -0.15) is 0 Å². The molecule has 0 heterocycles. The number of primary amides is 1. The Bertz CT molecular complexity index is 268. The predicted molar refractivity (Wildman–Crippen MR) is 86.7 cm³/mol. The Morgan fingerprint density at radius 1 is 1.20 bits per heavy atom. The molecule has 1 amide bonds. The minimum atomic E-state index is -0.574. The summed E-state index contributed by atoms with van der Waals surface area (Å²) in [7, 11) is 2.18. The van der Waals surface area contributed by atoms with Gasteiger partial charge in [-0.3, -0.25) is 4.79 Å². The zero-order chi connectivity index (χ0) is 15.6. The van der Waals surface area contributed by atoms with Crippen molar-refractivity contribution in [2.24, 2.45) is 5.73 Å². The number of nitrogens with one attached hydrogen (secondary N) is 1. The zero-order valence-electron chi connectivity index (χ0n) is 14.2. The minimum absolute atomic E-state index is 0.248. The highest BCUT2D eigenvalue weighted by Gasteiger charge is 2.30. The van der Waals surface area contributed by atoms with Gasteiger partial charge in [0.2, 0.25) is 5.91 Å². The lowest BCUT2D eigenvalue weighted by molar-refractivity contribution is -0.124. The van der Waals surface area contributed by atoms with E-state index in [2.05, 4.69) is 24.2 Å². The van der Waals surface area contributed by atoms with Gasteiger partial charge >= 0.3 is 0 Å².